The Morgan fingerprint density at radius 3 is 2.64 bits per heavy atom. The summed E-state index contributed by atoms with van der Waals surface area (Å²) in [6.07, 6.45) is 3.45. The van der Waals surface area contributed by atoms with Crippen LogP contribution in [-0.2, 0) is 0 Å². The van der Waals surface area contributed by atoms with Crippen LogP contribution in [0.3, 0.4) is 0 Å². The summed E-state index contributed by atoms with van der Waals surface area (Å²) >= 11 is 0. The molecular formula is C11H13F2N. The summed E-state index contributed by atoms with van der Waals surface area (Å²) in [5, 5.41) is 2.98. The van der Waals surface area contributed by atoms with Crippen LogP contribution in [0.25, 0.3) is 6.08 Å². The fourth-order valence-corrected chi connectivity index (χ4v) is 0.981. The zero-order chi connectivity index (χ0) is 10.6. The number of rotatable bonds is 3. The molecule has 0 amide bonds. The molecule has 0 aliphatic heterocycles. The summed E-state index contributed by atoms with van der Waals surface area (Å²) in [4.78, 5) is 0. The topological polar surface area (TPSA) is 12.0 Å². The monoisotopic (exact) mass is 197 g/mol. The van der Waals surface area contributed by atoms with Gasteiger partial charge in [0.15, 0.2) is 0 Å². The van der Waals surface area contributed by atoms with Crippen molar-refractivity contribution in [1.29, 1.82) is 0 Å². The van der Waals surface area contributed by atoms with E-state index in [1.54, 1.807) is 6.08 Å². The van der Waals surface area contributed by atoms with Gasteiger partial charge in [0, 0.05) is 17.7 Å². The van der Waals surface area contributed by atoms with Crippen molar-refractivity contribution in [3.63, 3.8) is 0 Å². The van der Waals surface area contributed by atoms with Gasteiger partial charge in [0.05, 0.1) is 0 Å². The van der Waals surface area contributed by atoms with Gasteiger partial charge in [-0.25, -0.2) is 8.78 Å². The Kier molecular flexibility index (Phi) is 3.77. The highest BCUT2D eigenvalue weighted by Gasteiger charge is 2.00. The van der Waals surface area contributed by atoms with Crippen LogP contribution >= 0.6 is 0 Å². The number of benzene rings is 1. The molecule has 3 heteroatoms. The van der Waals surface area contributed by atoms with Crippen LogP contribution in [0.15, 0.2) is 24.3 Å². The molecule has 0 saturated heterocycles. The van der Waals surface area contributed by atoms with Crippen molar-refractivity contribution in [1.82, 2.24) is 5.32 Å². The van der Waals surface area contributed by atoms with Crippen molar-refractivity contribution in [3.05, 3.63) is 41.5 Å². The molecule has 0 bridgehead atoms. The fourth-order valence-electron chi connectivity index (χ4n) is 0.981. The van der Waals surface area contributed by atoms with Crippen LogP contribution < -0.4 is 5.32 Å². The SMILES string of the molecule is CNC(C)/C=C/c1ccc(F)cc1F. The van der Waals surface area contributed by atoms with E-state index in [0.29, 0.717) is 5.56 Å². The Bertz CT molecular complexity index is 334. The van der Waals surface area contributed by atoms with E-state index in [2.05, 4.69) is 5.32 Å². The molecule has 0 fully saturated rings. The summed E-state index contributed by atoms with van der Waals surface area (Å²) in [6.45, 7) is 1.94. The van der Waals surface area contributed by atoms with Crippen LogP contribution in [0.1, 0.15) is 12.5 Å². The van der Waals surface area contributed by atoms with Gasteiger partial charge in [0.2, 0.25) is 0 Å². The van der Waals surface area contributed by atoms with Crippen molar-refractivity contribution >= 4 is 6.08 Å². The van der Waals surface area contributed by atoms with E-state index in [-0.39, 0.29) is 6.04 Å². The molecule has 1 atom stereocenters. The van der Waals surface area contributed by atoms with Crippen LogP contribution in [0.4, 0.5) is 8.78 Å². The number of hydrogen-bond donors (Lipinski definition) is 1. The number of hydrogen-bond acceptors (Lipinski definition) is 1. The van der Waals surface area contributed by atoms with E-state index >= 15 is 0 Å². The average molecular weight is 197 g/mol. The Morgan fingerprint density at radius 1 is 1.36 bits per heavy atom. The lowest BCUT2D eigenvalue weighted by Gasteiger charge is -2.02. The van der Waals surface area contributed by atoms with E-state index in [1.807, 2.05) is 20.0 Å². The number of halogens is 2. The summed E-state index contributed by atoms with van der Waals surface area (Å²) in [5.74, 6) is -1.09. The zero-order valence-electron chi connectivity index (χ0n) is 8.22. The maximum absolute atomic E-state index is 13.1. The van der Waals surface area contributed by atoms with Crippen molar-refractivity contribution in [2.24, 2.45) is 0 Å². The minimum atomic E-state index is -0.554. The van der Waals surface area contributed by atoms with Gasteiger partial charge in [-0.2, -0.15) is 0 Å². The van der Waals surface area contributed by atoms with Gasteiger partial charge < -0.3 is 5.32 Å². The fraction of sp³-hybridized carbons (Fsp3) is 0.273. The highest BCUT2D eigenvalue weighted by atomic mass is 19.1. The molecule has 1 N–H and O–H groups in total. The predicted octanol–water partition coefficient (Wildman–Crippen LogP) is 2.59. The third-order valence-electron chi connectivity index (χ3n) is 1.98. The molecular weight excluding hydrogens is 184 g/mol. The van der Waals surface area contributed by atoms with Crippen LogP contribution in [0, 0.1) is 11.6 Å². The molecule has 0 heterocycles. The van der Waals surface area contributed by atoms with Gasteiger partial charge in [0.1, 0.15) is 11.6 Å². The van der Waals surface area contributed by atoms with E-state index < -0.39 is 11.6 Å². The standard InChI is InChI=1S/C11H13F2N/c1-8(14-2)3-4-9-5-6-10(12)7-11(9)13/h3-8,14H,1-2H3/b4-3+. The van der Waals surface area contributed by atoms with Crippen LogP contribution in [0.2, 0.25) is 0 Å². The Morgan fingerprint density at radius 2 is 2.07 bits per heavy atom. The highest BCUT2D eigenvalue weighted by Crippen LogP contribution is 2.11. The average Bonchev–Trinajstić information content (AvgIpc) is 2.16. The smallest absolute Gasteiger partial charge is 0.133 e. The van der Waals surface area contributed by atoms with Gasteiger partial charge in [-0.3, -0.25) is 0 Å². The molecule has 1 aromatic rings. The molecule has 14 heavy (non-hydrogen) atoms. The molecule has 1 aromatic carbocycles. The van der Waals surface area contributed by atoms with Gasteiger partial charge in [-0.15, -0.1) is 0 Å². The second-order valence-corrected chi connectivity index (χ2v) is 3.10. The molecule has 76 valence electrons. The molecule has 0 saturated carbocycles. The van der Waals surface area contributed by atoms with Gasteiger partial charge in [0.25, 0.3) is 0 Å². The number of likely N-dealkylation sites (N-methyl/N-ethyl adjacent to an activating group) is 1. The lowest BCUT2D eigenvalue weighted by molar-refractivity contribution is 0.581. The molecule has 1 unspecified atom stereocenters. The number of nitrogens with one attached hydrogen (secondary N) is 1. The molecule has 0 aromatic heterocycles. The second kappa shape index (κ2) is 4.86. The Balaban J connectivity index is 2.82. The Hall–Kier alpha value is -1.22. The third-order valence-corrected chi connectivity index (χ3v) is 1.98. The molecule has 0 aliphatic carbocycles. The first-order valence-electron chi connectivity index (χ1n) is 4.44. The first-order valence-corrected chi connectivity index (χ1v) is 4.44. The largest absolute Gasteiger partial charge is 0.314 e. The lowest BCUT2D eigenvalue weighted by atomic mass is 10.1. The third kappa shape index (κ3) is 2.92. The van der Waals surface area contributed by atoms with E-state index in [1.165, 1.54) is 12.1 Å². The Labute approximate surface area is 82.4 Å². The van der Waals surface area contributed by atoms with Crippen molar-refractivity contribution in [2.75, 3.05) is 7.05 Å². The minimum absolute atomic E-state index is 0.166. The van der Waals surface area contributed by atoms with E-state index in [4.69, 9.17) is 0 Å². The van der Waals surface area contributed by atoms with Crippen molar-refractivity contribution in [3.8, 4) is 0 Å². The molecule has 0 aliphatic rings. The van der Waals surface area contributed by atoms with Gasteiger partial charge in [-0.05, 0) is 26.1 Å². The maximum Gasteiger partial charge on any atom is 0.133 e. The summed E-state index contributed by atoms with van der Waals surface area (Å²) < 4.78 is 25.6. The summed E-state index contributed by atoms with van der Waals surface area (Å²) in [7, 11) is 1.82. The first kappa shape index (κ1) is 10.9. The quantitative estimate of drug-likeness (QED) is 0.785. The minimum Gasteiger partial charge on any atom is -0.314 e. The molecule has 0 radical (unpaired) electrons. The normalized spacial score (nSPS) is 13.4. The summed E-state index contributed by atoms with van der Waals surface area (Å²) in [6, 6.07) is 3.71. The molecule has 1 nitrogen and oxygen atoms in total. The maximum atomic E-state index is 13.1. The van der Waals surface area contributed by atoms with Crippen LogP contribution in [-0.4, -0.2) is 13.1 Å². The van der Waals surface area contributed by atoms with Gasteiger partial charge >= 0.3 is 0 Å². The summed E-state index contributed by atoms with van der Waals surface area (Å²) in [5.41, 5.74) is 0.397. The van der Waals surface area contributed by atoms with Crippen molar-refractivity contribution < 1.29 is 8.78 Å². The molecule has 0 spiro atoms. The lowest BCUT2D eigenvalue weighted by Crippen LogP contribution is -2.17. The van der Waals surface area contributed by atoms with Crippen LogP contribution in [0.5, 0.6) is 0 Å². The zero-order valence-corrected chi connectivity index (χ0v) is 8.22. The van der Waals surface area contributed by atoms with E-state index in [0.717, 1.165) is 6.07 Å². The second-order valence-electron chi connectivity index (χ2n) is 3.10. The van der Waals surface area contributed by atoms with Crippen molar-refractivity contribution in [2.45, 2.75) is 13.0 Å². The molecule has 1 rings (SSSR count). The highest BCUT2D eigenvalue weighted by molar-refractivity contribution is 5.50. The van der Waals surface area contributed by atoms with Gasteiger partial charge in [-0.1, -0.05) is 12.2 Å². The van der Waals surface area contributed by atoms with E-state index in [9.17, 15) is 8.78 Å². The first-order chi connectivity index (χ1) is 6.63. The predicted molar refractivity (Wildman–Crippen MR) is 53.9 cm³/mol.